The maximum absolute atomic E-state index is 13.3. The molecule has 138 valence electrons. The Bertz CT molecular complexity index is 564. The van der Waals surface area contributed by atoms with Gasteiger partial charge >= 0.3 is 0 Å². The zero-order valence-corrected chi connectivity index (χ0v) is 14.8. The lowest BCUT2D eigenvalue weighted by Crippen LogP contribution is -2.54. The third-order valence-corrected chi connectivity index (χ3v) is 5.97. The third-order valence-electron chi connectivity index (χ3n) is 5.97. The van der Waals surface area contributed by atoms with Crippen molar-refractivity contribution in [2.24, 2.45) is 11.7 Å². The van der Waals surface area contributed by atoms with Gasteiger partial charge in [-0.2, -0.15) is 0 Å². The topological polar surface area (TPSA) is 64.3 Å². The first-order valence-corrected chi connectivity index (χ1v) is 9.50. The zero-order valence-electron chi connectivity index (χ0n) is 14.8. The monoisotopic (exact) mass is 348 g/mol. The predicted molar refractivity (Wildman–Crippen MR) is 95.7 cm³/mol. The molecule has 1 aliphatic heterocycles. The number of rotatable bonds is 5. The minimum atomic E-state index is -0.645. The standard InChI is InChI=1S/C20H29FN2O2/c21-17-8-6-16(7-9-17)20(10-12-25-13-11-20)19(24)23-18(14-22)15-4-2-1-3-5-15/h6-9,15,18H,1-5,10-14,22H2,(H,23,24). The number of ether oxygens (including phenoxy) is 1. The van der Waals surface area contributed by atoms with Crippen LogP contribution in [0.15, 0.2) is 24.3 Å². The Labute approximate surface area is 149 Å². The molecular weight excluding hydrogens is 319 g/mol. The van der Waals surface area contributed by atoms with Crippen LogP contribution < -0.4 is 11.1 Å². The minimum Gasteiger partial charge on any atom is -0.381 e. The van der Waals surface area contributed by atoms with Gasteiger partial charge in [0.25, 0.3) is 0 Å². The van der Waals surface area contributed by atoms with Gasteiger partial charge in [0, 0.05) is 25.8 Å². The van der Waals surface area contributed by atoms with E-state index >= 15 is 0 Å². The van der Waals surface area contributed by atoms with Gasteiger partial charge in [-0.05, 0) is 49.3 Å². The molecular formula is C20H29FN2O2. The van der Waals surface area contributed by atoms with Crippen LogP contribution >= 0.6 is 0 Å². The Morgan fingerprint density at radius 3 is 2.44 bits per heavy atom. The smallest absolute Gasteiger partial charge is 0.231 e. The van der Waals surface area contributed by atoms with Gasteiger partial charge in [-0.15, -0.1) is 0 Å². The lowest BCUT2D eigenvalue weighted by molar-refractivity contribution is -0.131. The Balaban J connectivity index is 1.80. The summed E-state index contributed by atoms with van der Waals surface area (Å²) in [6.45, 7) is 1.55. The van der Waals surface area contributed by atoms with Crippen LogP contribution in [-0.2, 0) is 14.9 Å². The minimum absolute atomic E-state index is 0.0171. The normalized spacial score (nSPS) is 22.3. The Hall–Kier alpha value is -1.46. The van der Waals surface area contributed by atoms with Gasteiger partial charge in [0.05, 0.1) is 5.41 Å². The molecule has 4 nitrogen and oxygen atoms in total. The van der Waals surface area contributed by atoms with Gasteiger partial charge in [0.15, 0.2) is 0 Å². The van der Waals surface area contributed by atoms with Crippen LogP contribution in [0.3, 0.4) is 0 Å². The molecule has 1 atom stereocenters. The SMILES string of the molecule is NCC(NC(=O)C1(c2ccc(F)cc2)CCOCC1)C1CCCCC1. The van der Waals surface area contributed by atoms with Crippen LogP contribution in [0.1, 0.15) is 50.5 Å². The highest BCUT2D eigenvalue weighted by atomic mass is 19.1. The van der Waals surface area contributed by atoms with Crippen LogP contribution in [0, 0.1) is 11.7 Å². The molecule has 0 spiro atoms. The zero-order chi connectivity index (χ0) is 17.7. The van der Waals surface area contributed by atoms with E-state index in [4.69, 9.17) is 10.5 Å². The number of amides is 1. The van der Waals surface area contributed by atoms with Crippen molar-refractivity contribution in [1.82, 2.24) is 5.32 Å². The molecule has 1 aliphatic carbocycles. The van der Waals surface area contributed by atoms with E-state index in [-0.39, 0.29) is 17.8 Å². The molecule has 0 bridgehead atoms. The molecule has 1 saturated heterocycles. The molecule has 0 radical (unpaired) electrons. The number of nitrogens with two attached hydrogens (primary N) is 1. The quantitative estimate of drug-likeness (QED) is 0.860. The highest BCUT2D eigenvalue weighted by Gasteiger charge is 2.42. The number of carbonyl (C=O) groups is 1. The van der Waals surface area contributed by atoms with E-state index in [1.807, 2.05) is 0 Å². The second-order valence-electron chi connectivity index (χ2n) is 7.42. The molecule has 0 aromatic heterocycles. The largest absolute Gasteiger partial charge is 0.381 e. The van der Waals surface area contributed by atoms with Crippen molar-refractivity contribution in [3.05, 3.63) is 35.6 Å². The van der Waals surface area contributed by atoms with Crippen molar-refractivity contribution >= 4 is 5.91 Å². The first-order chi connectivity index (χ1) is 12.2. The number of carbonyl (C=O) groups excluding carboxylic acids is 1. The average Bonchev–Trinajstić information content (AvgIpc) is 2.67. The molecule has 2 fully saturated rings. The van der Waals surface area contributed by atoms with Crippen molar-refractivity contribution in [2.45, 2.75) is 56.4 Å². The number of nitrogens with one attached hydrogen (secondary N) is 1. The summed E-state index contributed by atoms with van der Waals surface area (Å²) in [5.41, 5.74) is 6.22. The highest BCUT2D eigenvalue weighted by molar-refractivity contribution is 5.88. The first-order valence-electron chi connectivity index (χ1n) is 9.50. The molecule has 1 saturated carbocycles. The van der Waals surface area contributed by atoms with Crippen LogP contribution in [0.4, 0.5) is 4.39 Å². The summed E-state index contributed by atoms with van der Waals surface area (Å²) in [4.78, 5) is 13.3. The summed E-state index contributed by atoms with van der Waals surface area (Å²) in [7, 11) is 0. The van der Waals surface area contributed by atoms with Crippen LogP contribution in [-0.4, -0.2) is 31.7 Å². The van der Waals surface area contributed by atoms with E-state index in [2.05, 4.69) is 5.32 Å². The fraction of sp³-hybridized carbons (Fsp3) is 0.650. The summed E-state index contributed by atoms with van der Waals surface area (Å²) in [6, 6.07) is 6.35. The lowest BCUT2D eigenvalue weighted by atomic mass is 9.72. The van der Waals surface area contributed by atoms with E-state index in [1.54, 1.807) is 12.1 Å². The van der Waals surface area contributed by atoms with E-state index in [1.165, 1.54) is 31.4 Å². The first kappa shape index (κ1) is 18.3. The second kappa shape index (κ2) is 8.28. The van der Waals surface area contributed by atoms with E-state index in [0.717, 1.165) is 18.4 Å². The fourth-order valence-electron chi connectivity index (χ4n) is 4.35. The number of benzene rings is 1. The lowest BCUT2D eigenvalue weighted by Gasteiger charge is -2.39. The summed E-state index contributed by atoms with van der Waals surface area (Å²) in [5, 5.41) is 3.25. The molecule has 1 heterocycles. The Morgan fingerprint density at radius 1 is 1.20 bits per heavy atom. The van der Waals surface area contributed by atoms with E-state index < -0.39 is 5.41 Å². The number of halogens is 1. The van der Waals surface area contributed by atoms with Gasteiger partial charge in [-0.25, -0.2) is 4.39 Å². The van der Waals surface area contributed by atoms with Crippen molar-refractivity contribution < 1.29 is 13.9 Å². The molecule has 25 heavy (non-hydrogen) atoms. The number of hydrogen-bond acceptors (Lipinski definition) is 3. The van der Waals surface area contributed by atoms with E-state index in [0.29, 0.717) is 38.5 Å². The van der Waals surface area contributed by atoms with Gasteiger partial charge in [-0.3, -0.25) is 4.79 Å². The maximum atomic E-state index is 13.3. The molecule has 2 aliphatic rings. The molecule has 1 aromatic rings. The highest BCUT2D eigenvalue weighted by Crippen LogP contribution is 2.36. The molecule has 1 aromatic carbocycles. The Kier molecular flexibility index (Phi) is 6.07. The van der Waals surface area contributed by atoms with Gasteiger partial charge in [0.2, 0.25) is 5.91 Å². The fourth-order valence-corrected chi connectivity index (χ4v) is 4.35. The predicted octanol–water partition coefficient (Wildman–Crippen LogP) is 2.90. The van der Waals surface area contributed by atoms with Gasteiger partial charge in [0.1, 0.15) is 5.82 Å². The summed E-state index contributed by atoms with van der Waals surface area (Å²) in [6.07, 6.45) is 7.21. The molecule has 5 heteroatoms. The maximum Gasteiger partial charge on any atom is 0.231 e. The average molecular weight is 348 g/mol. The molecule has 1 amide bonds. The van der Waals surface area contributed by atoms with Crippen molar-refractivity contribution in [1.29, 1.82) is 0 Å². The number of hydrogen-bond donors (Lipinski definition) is 2. The summed E-state index contributed by atoms with van der Waals surface area (Å²) >= 11 is 0. The summed E-state index contributed by atoms with van der Waals surface area (Å²) < 4.78 is 18.8. The van der Waals surface area contributed by atoms with Gasteiger partial charge in [-0.1, -0.05) is 31.4 Å². The van der Waals surface area contributed by atoms with Crippen LogP contribution in [0.5, 0.6) is 0 Å². The van der Waals surface area contributed by atoms with Crippen molar-refractivity contribution in [3.63, 3.8) is 0 Å². The third kappa shape index (κ3) is 4.04. The van der Waals surface area contributed by atoms with E-state index in [9.17, 15) is 9.18 Å². The molecule has 1 unspecified atom stereocenters. The van der Waals surface area contributed by atoms with Crippen molar-refractivity contribution in [3.8, 4) is 0 Å². The Morgan fingerprint density at radius 2 is 1.84 bits per heavy atom. The van der Waals surface area contributed by atoms with Crippen LogP contribution in [0.25, 0.3) is 0 Å². The second-order valence-corrected chi connectivity index (χ2v) is 7.42. The molecule has 3 rings (SSSR count). The van der Waals surface area contributed by atoms with Crippen LogP contribution in [0.2, 0.25) is 0 Å². The van der Waals surface area contributed by atoms with Gasteiger partial charge < -0.3 is 15.8 Å². The van der Waals surface area contributed by atoms with Crippen molar-refractivity contribution in [2.75, 3.05) is 19.8 Å². The summed E-state index contributed by atoms with van der Waals surface area (Å²) in [5.74, 6) is 0.199. The molecule has 3 N–H and O–H groups in total.